The average molecular weight is 550 g/mol. The number of benzene rings is 3. The van der Waals surface area contributed by atoms with Crippen molar-refractivity contribution in [1.29, 1.82) is 0 Å². The molecule has 3 aromatic carbocycles. The van der Waals surface area contributed by atoms with E-state index in [-0.39, 0.29) is 36.4 Å². The second-order valence-corrected chi connectivity index (χ2v) is 11.1. The predicted molar refractivity (Wildman–Crippen MR) is 144 cm³/mol. The Morgan fingerprint density at radius 1 is 1.13 bits per heavy atom. The Morgan fingerprint density at radius 3 is 2.36 bits per heavy atom. The Kier molecular flexibility index (Phi) is 7.04. The van der Waals surface area contributed by atoms with Gasteiger partial charge in [0.25, 0.3) is 5.91 Å². The summed E-state index contributed by atoms with van der Waals surface area (Å²) in [6, 6.07) is 16.3. The van der Waals surface area contributed by atoms with Crippen LogP contribution in [0, 0.1) is 23.6 Å². The number of hydrogen-bond donors (Lipinski definition) is 3. The largest absolute Gasteiger partial charge is 0.396 e. The van der Waals surface area contributed by atoms with E-state index in [1.54, 1.807) is 48.5 Å². The number of carbonyl (C=O) groups is 1. The van der Waals surface area contributed by atoms with E-state index in [0.29, 0.717) is 16.1 Å². The van der Waals surface area contributed by atoms with E-state index in [1.165, 1.54) is 17.9 Å². The number of ether oxygens (including phenoxy) is 1. The molecule has 5 rings (SSSR count). The first-order valence-corrected chi connectivity index (χ1v) is 13.0. The Hall–Kier alpha value is -3.25. The Labute approximate surface area is 231 Å². The standard InChI is InChI=1S/C31H29ClFNO5/c1-3-20-4-6-21(7-5-20)16-34-28(37)25-14-23(29(2,38)17-35)15-26(33)27(25)31(34,22-8-10-24(32)11-9-22)39-19-30(18-36)12-13-30/h1,4-11,14-15,35-36,38H,12-13,16-19H2,2H3/t29?,31-/m1/s1. The number of hydrogen-bond acceptors (Lipinski definition) is 5. The fraction of sp³-hybridized carbons (Fsp3) is 0.323. The van der Waals surface area contributed by atoms with Gasteiger partial charge in [-0.2, -0.15) is 0 Å². The summed E-state index contributed by atoms with van der Waals surface area (Å²) >= 11 is 6.19. The highest BCUT2D eigenvalue weighted by atomic mass is 35.5. The van der Waals surface area contributed by atoms with Crippen molar-refractivity contribution in [3.63, 3.8) is 0 Å². The number of fused-ring (bicyclic) bond motifs is 1. The summed E-state index contributed by atoms with van der Waals surface area (Å²) in [5, 5.41) is 30.9. The SMILES string of the molecule is C#Cc1ccc(CN2C(=O)c3cc(C(C)(O)CO)cc(F)c3[C@]2(OCC2(CO)CC2)c2ccc(Cl)cc2)cc1. The van der Waals surface area contributed by atoms with E-state index in [9.17, 15) is 20.1 Å². The fourth-order valence-corrected chi connectivity index (χ4v) is 5.14. The topological polar surface area (TPSA) is 90.2 Å². The van der Waals surface area contributed by atoms with Crippen molar-refractivity contribution in [2.24, 2.45) is 5.41 Å². The molecule has 2 atom stereocenters. The van der Waals surface area contributed by atoms with E-state index in [2.05, 4.69) is 5.92 Å². The van der Waals surface area contributed by atoms with E-state index in [1.807, 2.05) is 0 Å². The van der Waals surface area contributed by atoms with Crippen molar-refractivity contribution < 1.29 is 29.2 Å². The zero-order valence-corrected chi connectivity index (χ0v) is 22.2. The van der Waals surface area contributed by atoms with Crippen LogP contribution in [0.4, 0.5) is 4.39 Å². The third-order valence-corrected chi connectivity index (χ3v) is 8.04. The monoisotopic (exact) mass is 549 g/mol. The molecule has 0 saturated heterocycles. The molecule has 3 aromatic rings. The number of aliphatic hydroxyl groups excluding tert-OH is 2. The number of terminal acetylenes is 1. The van der Waals surface area contributed by atoms with Crippen molar-refractivity contribution in [3.8, 4) is 12.3 Å². The van der Waals surface area contributed by atoms with Crippen LogP contribution in [0.3, 0.4) is 0 Å². The summed E-state index contributed by atoms with van der Waals surface area (Å²) in [4.78, 5) is 15.6. The highest BCUT2D eigenvalue weighted by molar-refractivity contribution is 6.30. The van der Waals surface area contributed by atoms with Gasteiger partial charge in [-0.05, 0) is 67.3 Å². The molecule has 6 nitrogen and oxygen atoms in total. The third-order valence-electron chi connectivity index (χ3n) is 7.79. The van der Waals surface area contributed by atoms with E-state index in [0.717, 1.165) is 24.5 Å². The van der Waals surface area contributed by atoms with Crippen LogP contribution in [0.25, 0.3) is 0 Å². The number of halogens is 2. The zero-order valence-electron chi connectivity index (χ0n) is 21.5. The minimum Gasteiger partial charge on any atom is -0.396 e. The average Bonchev–Trinajstić information content (AvgIpc) is 3.69. The van der Waals surface area contributed by atoms with Gasteiger partial charge in [0.15, 0.2) is 5.72 Å². The quantitative estimate of drug-likeness (QED) is 0.346. The van der Waals surface area contributed by atoms with Gasteiger partial charge in [0, 0.05) is 28.1 Å². The smallest absolute Gasteiger partial charge is 0.257 e. The van der Waals surface area contributed by atoms with Gasteiger partial charge in [0.1, 0.15) is 11.4 Å². The molecule has 0 bridgehead atoms. The highest BCUT2D eigenvalue weighted by Crippen LogP contribution is 2.52. The molecule has 0 spiro atoms. The highest BCUT2D eigenvalue weighted by Gasteiger charge is 2.56. The van der Waals surface area contributed by atoms with Crippen LogP contribution in [-0.2, 0) is 22.6 Å². The summed E-state index contributed by atoms with van der Waals surface area (Å²) in [6.45, 7) is 0.722. The minimum atomic E-state index is -1.77. The number of aliphatic hydroxyl groups is 3. The molecule has 1 amide bonds. The molecular formula is C31H29ClFNO5. The Balaban J connectivity index is 1.73. The number of nitrogens with zero attached hydrogens (tertiary/aromatic N) is 1. The molecular weight excluding hydrogens is 521 g/mol. The summed E-state index contributed by atoms with van der Waals surface area (Å²) in [7, 11) is 0. The molecule has 0 aromatic heterocycles. The van der Waals surface area contributed by atoms with Crippen molar-refractivity contribution in [3.05, 3.63) is 105 Å². The van der Waals surface area contributed by atoms with Gasteiger partial charge in [-0.25, -0.2) is 4.39 Å². The molecule has 3 N–H and O–H groups in total. The first-order chi connectivity index (χ1) is 18.6. The number of amides is 1. The normalized spacial score (nSPS) is 20.8. The van der Waals surface area contributed by atoms with Crippen molar-refractivity contribution >= 4 is 17.5 Å². The summed E-state index contributed by atoms with van der Waals surface area (Å²) in [5.74, 6) is 1.29. The minimum absolute atomic E-state index is 0.00120. The van der Waals surface area contributed by atoms with Crippen LogP contribution in [0.15, 0.2) is 60.7 Å². The van der Waals surface area contributed by atoms with Gasteiger partial charge in [-0.1, -0.05) is 41.8 Å². The maximum Gasteiger partial charge on any atom is 0.257 e. The van der Waals surface area contributed by atoms with Crippen LogP contribution < -0.4 is 0 Å². The summed E-state index contributed by atoms with van der Waals surface area (Å²) in [6.07, 6.45) is 7.00. The van der Waals surface area contributed by atoms with Gasteiger partial charge in [0.05, 0.1) is 30.9 Å². The van der Waals surface area contributed by atoms with Crippen LogP contribution >= 0.6 is 11.6 Å². The fourth-order valence-electron chi connectivity index (χ4n) is 5.01. The third kappa shape index (κ3) is 4.73. The second kappa shape index (κ2) is 10.1. The van der Waals surface area contributed by atoms with Crippen LogP contribution in [0.1, 0.15) is 57.9 Å². The van der Waals surface area contributed by atoms with E-state index < -0.39 is 35.1 Å². The molecule has 1 unspecified atom stereocenters. The first-order valence-electron chi connectivity index (χ1n) is 12.7. The van der Waals surface area contributed by atoms with Crippen LogP contribution in [0.2, 0.25) is 5.02 Å². The number of carbonyl (C=O) groups excluding carboxylic acids is 1. The molecule has 0 radical (unpaired) electrons. The van der Waals surface area contributed by atoms with Crippen molar-refractivity contribution in [2.75, 3.05) is 19.8 Å². The van der Waals surface area contributed by atoms with Crippen molar-refractivity contribution in [2.45, 2.75) is 37.6 Å². The first kappa shape index (κ1) is 27.3. The van der Waals surface area contributed by atoms with Gasteiger partial charge >= 0.3 is 0 Å². The van der Waals surface area contributed by atoms with Crippen molar-refractivity contribution in [1.82, 2.24) is 4.90 Å². The molecule has 1 saturated carbocycles. The van der Waals surface area contributed by atoms with Crippen LogP contribution in [0.5, 0.6) is 0 Å². The molecule has 8 heteroatoms. The van der Waals surface area contributed by atoms with Gasteiger partial charge in [-0.15, -0.1) is 6.42 Å². The molecule has 39 heavy (non-hydrogen) atoms. The second-order valence-electron chi connectivity index (χ2n) is 10.6. The van der Waals surface area contributed by atoms with Gasteiger partial charge in [0.2, 0.25) is 0 Å². The molecule has 202 valence electrons. The molecule has 1 aliphatic carbocycles. The Bertz CT molecular complexity index is 1440. The summed E-state index contributed by atoms with van der Waals surface area (Å²) < 4.78 is 22.8. The molecule has 1 heterocycles. The van der Waals surface area contributed by atoms with Gasteiger partial charge < -0.3 is 20.1 Å². The Morgan fingerprint density at radius 2 is 1.79 bits per heavy atom. The molecule has 2 aliphatic rings. The molecule has 1 fully saturated rings. The van der Waals surface area contributed by atoms with Crippen LogP contribution in [-0.4, -0.2) is 45.9 Å². The lowest BCUT2D eigenvalue weighted by atomic mass is 9.88. The molecule has 1 aliphatic heterocycles. The maximum absolute atomic E-state index is 16.2. The lowest BCUT2D eigenvalue weighted by Gasteiger charge is -2.40. The predicted octanol–water partition coefficient (Wildman–Crippen LogP) is 4.31. The van der Waals surface area contributed by atoms with E-state index in [4.69, 9.17) is 22.8 Å². The van der Waals surface area contributed by atoms with Gasteiger partial charge in [-0.3, -0.25) is 9.69 Å². The lowest BCUT2D eigenvalue weighted by Crippen LogP contribution is -2.48. The lowest BCUT2D eigenvalue weighted by molar-refractivity contribution is -0.130. The van der Waals surface area contributed by atoms with E-state index >= 15 is 4.39 Å². The summed E-state index contributed by atoms with van der Waals surface area (Å²) in [5.41, 5.74) is -1.96. The number of rotatable bonds is 9. The zero-order chi connectivity index (χ0) is 28.0. The maximum atomic E-state index is 16.2.